The van der Waals surface area contributed by atoms with E-state index in [-0.39, 0.29) is 23.5 Å². The first-order chi connectivity index (χ1) is 11.0. The topological polar surface area (TPSA) is 55.2 Å². The monoisotopic (exact) mass is 331 g/mol. The summed E-state index contributed by atoms with van der Waals surface area (Å²) >= 11 is 1.57. The van der Waals surface area contributed by atoms with Gasteiger partial charge in [0.15, 0.2) is 0 Å². The molecule has 0 atom stereocenters. The fourth-order valence-corrected chi connectivity index (χ4v) is 2.99. The number of hydrogen-bond acceptors (Lipinski definition) is 4. The number of halogens is 1. The van der Waals surface area contributed by atoms with Gasteiger partial charge >= 0.3 is 0 Å². The van der Waals surface area contributed by atoms with Gasteiger partial charge in [0.2, 0.25) is 5.91 Å². The number of carbonyl (C=O) groups excluding carboxylic acids is 1. The maximum Gasteiger partial charge on any atom is 0.261 e. The molecule has 23 heavy (non-hydrogen) atoms. The van der Waals surface area contributed by atoms with Gasteiger partial charge in [0.05, 0.1) is 23.8 Å². The van der Waals surface area contributed by atoms with E-state index in [0.717, 1.165) is 4.88 Å². The van der Waals surface area contributed by atoms with Gasteiger partial charge in [-0.2, -0.15) is 0 Å². The molecule has 1 amide bonds. The van der Waals surface area contributed by atoms with Crippen LogP contribution < -0.4 is 5.56 Å². The number of benzene rings is 1. The molecule has 0 N–H and O–H groups in total. The van der Waals surface area contributed by atoms with Crippen molar-refractivity contribution in [3.8, 4) is 0 Å². The highest BCUT2D eigenvalue weighted by molar-refractivity contribution is 7.09. The molecule has 3 rings (SSSR count). The third-order valence-electron chi connectivity index (χ3n) is 3.49. The zero-order valence-corrected chi connectivity index (χ0v) is 13.2. The second-order valence-corrected chi connectivity index (χ2v) is 6.20. The van der Waals surface area contributed by atoms with E-state index >= 15 is 0 Å². The number of thiophene rings is 1. The van der Waals surface area contributed by atoms with Gasteiger partial charge < -0.3 is 4.90 Å². The molecule has 0 radical (unpaired) electrons. The van der Waals surface area contributed by atoms with E-state index in [1.54, 1.807) is 23.3 Å². The van der Waals surface area contributed by atoms with Crippen molar-refractivity contribution < 1.29 is 9.18 Å². The van der Waals surface area contributed by atoms with Gasteiger partial charge in [0.1, 0.15) is 12.4 Å². The van der Waals surface area contributed by atoms with Crippen LogP contribution >= 0.6 is 11.3 Å². The Bertz CT molecular complexity index is 905. The first-order valence-electron chi connectivity index (χ1n) is 6.95. The molecule has 2 heterocycles. The summed E-state index contributed by atoms with van der Waals surface area (Å²) in [7, 11) is 1.69. The largest absolute Gasteiger partial charge is 0.339 e. The number of rotatable bonds is 4. The third-order valence-corrected chi connectivity index (χ3v) is 4.35. The predicted octanol–water partition coefficient (Wildman–Crippen LogP) is 2.26. The quantitative estimate of drug-likeness (QED) is 0.737. The molecule has 0 bridgehead atoms. The third kappa shape index (κ3) is 3.29. The highest BCUT2D eigenvalue weighted by Gasteiger charge is 2.13. The highest BCUT2D eigenvalue weighted by Crippen LogP contribution is 2.11. The molecule has 0 aliphatic rings. The van der Waals surface area contributed by atoms with Crippen molar-refractivity contribution >= 4 is 28.1 Å². The minimum atomic E-state index is -0.450. The molecule has 0 spiro atoms. The number of amides is 1. The summed E-state index contributed by atoms with van der Waals surface area (Å²) in [6.07, 6.45) is 1.28. The zero-order valence-electron chi connectivity index (χ0n) is 12.4. The van der Waals surface area contributed by atoms with Crippen LogP contribution in [0.3, 0.4) is 0 Å². The predicted molar refractivity (Wildman–Crippen MR) is 86.8 cm³/mol. The van der Waals surface area contributed by atoms with Crippen LogP contribution in [0.5, 0.6) is 0 Å². The lowest BCUT2D eigenvalue weighted by molar-refractivity contribution is -0.131. The second-order valence-electron chi connectivity index (χ2n) is 5.17. The van der Waals surface area contributed by atoms with Crippen LogP contribution in [0.15, 0.2) is 46.8 Å². The van der Waals surface area contributed by atoms with Crippen LogP contribution in [0.25, 0.3) is 10.9 Å². The summed E-state index contributed by atoms with van der Waals surface area (Å²) in [6, 6.07) is 7.67. The van der Waals surface area contributed by atoms with Crippen LogP contribution in [0, 0.1) is 5.82 Å². The standard InChI is InChI=1S/C16H14FN3O2S/c1-19(8-12-3-2-6-23-12)15(21)9-20-10-18-14-7-11(17)4-5-13(14)16(20)22/h2-7,10H,8-9H2,1H3. The molecule has 0 fully saturated rings. The van der Waals surface area contributed by atoms with Gasteiger partial charge in [-0.05, 0) is 23.6 Å². The van der Waals surface area contributed by atoms with Crippen molar-refractivity contribution in [3.05, 3.63) is 63.1 Å². The van der Waals surface area contributed by atoms with Crippen LogP contribution in [-0.2, 0) is 17.9 Å². The maximum absolute atomic E-state index is 13.2. The Morgan fingerprint density at radius 2 is 2.22 bits per heavy atom. The molecular formula is C16H14FN3O2S. The first-order valence-corrected chi connectivity index (χ1v) is 7.83. The summed E-state index contributed by atoms with van der Waals surface area (Å²) in [4.78, 5) is 31.3. The van der Waals surface area contributed by atoms with Crippen molar-refractivity contribution in [3.63, 3.8) is 0 Å². The van der Waals surface area contributed by atoms with Crippen LogP contribution in [0.2, 0.25) is 0 Å². The molecule has 1 aromatic carbocycles. The summed E-state index contributed by atoms with van der Waals surface area (Å²) in [5.74, 6) is -0.641. The summed E-state index contributed by atoms with van der Waals surface area (Å²) < 4.78 is 14.4. The normalized spacial score (nSPS) is 10.9. The van der Waals surface area contributed by atoms with Crippen LogP contribution in [0.4, 0.5) is 4.39 Å². The molecule has 2 aromatic heterocycles. The Hall–Kier alpha value is -2.54. The average Bonchev–Trinajstić information content (AvgIpc) is 3.02. The van der Waals surface area contributed by atoms with Gasteiger partial charge in [-0.25, -0.2) is 9.37 Å². The molecule has 0 saturated carbocycles. The Balaban J connectivity index is 1.81. The SMILES string of the molecule is CN(Cc1cccs1)C(=O)Cn1cnc2cc(F)ccc2c1=O. The zero-order chi connectivity index (χ0) is 16.4. The van der Waals surface area contributed by atoms with E-state index in [9.17, 15) is 14.0 Å². The number of nitrogens with zero attached hydrogens (tertiary/aromatic N) is 3. The number of aromatic nitrogens is 2. The highest BCUT2D eigenvalue weighted by atomic mass is 32.1. The van der Waals surface area contributed by atoms with E-state index in [0.29, 0.717) is 11.9 Å². The average molecular weight is 331 g/mol. The fourth-order valence-electron chi connectivity index (χ4n) is 2.24. The lowest BCUT2D eigenvalue weighted by Gasteiger charge is -2.17. The first kappa shape index (κ1) is 15.4. The summed E-state index contributed by atoms with van der Waals surface area (Å²) in [5.41, 5.74) is -0.0708. The van der Waals surface area contributed by atoms with E-state index in [1.807, 2.05) is 17.5 Å². The van der Waals surface area contributed by atoms with Gasteiger partial charge in [-0.3, -0.25) is 14.2 Å². The smallest absolute Gasteiger partial charge is 0.261 e. The molecule has 3 aromatic rings. The van der Waals surface area contributed by atoms with Crippen molar-refractivity contribution in [2.45, 2.75) is 13.1 Å². The van der Waals surface area contributed by atoms with Gasteiger partial charge in [0, 0.05) is 18.0 Å². The molecule has 5 nitrogen and oxygen atoms in total. The van der Waals surface area contributed by atoms with Crippen molar-refractivity contribution in [1.29, 1.82) is 0 Å². The Kier molecular flexibility index (Phi) is 4.20. The molecule has 0 aliphatic carbocycles. The summed E-state index contributed by atoms with van der Waals surface area (Å²) in [6.45, 7) is 0.401. The minimum Gasteiger partial charge on any atom is -0.339 e. The molecule has 7 heteroatoms. The minimum absolute atomic E-state index is 0.0962. The number of carbonyl (C=O) groups is 1. The second kappa shape index (κ2) is 6.29. The van der Waals surface area contributed by atoms with Crippen molar-refractivity contribution in [1.82, 2.24) is 14.5 Å². The van der Waals surface area contributed by atoms with Gasteiger partial charge in [-0.1, -0.05) is 6.07 Å². The number of hydrogen-bond donors (Lipinski definition) is 0. The Morgan fingerprint density at radius 3 is 2.96 bits per heavy atom. The van der Waals surface area contributed by atoms with E-state index in [4.69, 9.17) is 0 Å². The number of fused-ring (bicyclic) bond motifs is 1. The van der Waals surface area contributed by atoms with Crippen LogP contribution in [0.1, 0.15) is 4.88 Å². The van der Waals surface area contributed by atoms with E-state index in [2.05, 4.69) is 4.98 Å². The van der Waals surface area contributed by atoms with Crippen molar-refractivity contribution in [2.75, 3.05) is 7.05 Å². The van der Waals surface area contributed by atoms with Crippen LogP contribution in [-0.4, -0.2) is 27.4 Å². The lowest BCUT2D eigenvalue weighted by Crippen LogP contribution is -2.33. The van der Waals surface area contributed by atoms with Gasteiger partial charge in [0.25, 0.3) is 5.56 Å². The molecule has 0 unspecified atom stereocenters. The fraction of sp³-hybridized carbons (Fsp3) is 0.188. The molecular weight excluding hydrogens is 317 g/mol. The maximum atomic E-state index is 13.2. The van der Waals surface area contributed by atoms with Crippen molar-refractivity contribution in [2.24, 2.45) is 0 Å². The molecule has 0 aliphatic heterocycles. The molecule has 118 valence electrons. The molecule has 0 saturated heterocycles. The lowest BCUT2D eigenvalue weighted by atomic mass is 10.2. The van der Waals surface area contributed by atoms with E-state index in [1.165, 1.54) is 29.1 Å². The van der Waals surface area contributed by atoms with Gasteiger partial charge in [-0.15, -0.1) is 11.3 Å². The number of likely N-dealkylation sites (N-methyl/N-ethyl adjacent to an activating group) is 1. The Morgan fingerprint density at radius 1 is 1.39 bits per heavy atom. The Labute approximate surface area is 135 Å². The summed E-state index contributed by atoms with van der Waals surface area (Å²) in [5, 5.41) is 2.24. The van der Waals surface area contributed by atoms with E-state index < -0.39 is 5.82 Å².